The van der Waals surface area contributed by atoms with E-state index in [0.717, 1.165) is 32.5 Å². The Kier molecular flexibility index (Phi) is 3.91. The molecule has 0 aromatic rings. The number of primary amides is 1. The molecule has 1 spiro atoms. The van der Waals surface area contributed by atoms with Crippen molar-refractivity contribution in [3.63, 3.8) is 0 Å². The van der Waals surface area contributed by atoms with Crippen LogP contribution in [0.5, 0.6) is 0 Å². The molecule has 1 saturated heterocycles. The Morgan fingerprint density at radius 2 is 2.14 bits per heavy atom. The smallest absolute Gasteiger partial charge is 0.335 e. The summed E-state index contributed by atoms with van der Waals surface area (Å²) in [6.07, 6.45) is 9.96. The molecule has 5 nitrogen and oxygen atoms in total. The Balaban J connectivity index is 1.68. The minimum Gasteiger partial charge on any atom is -0.450 e. The predicted octanol–water partition coefficient (Wildman–Crippen LogP) is 1.46. The van der Waals surface area contributed by atoms with Crippen LogP contribution in [0.25, 0.3) is 0 Å². The Morgan fingerprint density at radius 1 is 1.41 bits per heavy atom. The Bertz CT molecular complexity index is 593. The van der Waals surface area contributed by atoms with Gasteiger partial charge < -0.3 is 10.5 Å². The highest BCUT2D eigenvalue weighted by molar-refractivity contribution is 6.06. The van der Waals surface area contributed by atoms with Gasteiger partial charge in [-0.3, -0.25) is 9.69 Å². The molecule has 2 heterocycles. The summed E-state index contributed by atoms with van der Waals surface area (Å²) in [7, 11) is 0. The number of carbonyl (C=O) groups excluding carboxylic acids is 2. The number of amides is 1. The Hall–Kier alpha value is -1.88. The van der Waals surface area contributed by atoms with Gasteiger partial charge >= 0.3 is 5.97 Å². The van der Waals surface area contributed by atoms with Crippen LogP contribution in [0.3, 0.4) is 0 Å². The van der Waals surface area contributed by atoms with Crippen molar-refractivity contribution in [1.29, 1.82) is 0 Å². The summed E-state index contributed by atoms with van der Waals surface area (Å²) in [4.78, 5) is 25.9. The van der Waals surface area contributed by atoms with Gasteiger partial charge in [0.15, 0.2) is 0 Å². The van der Waals surface area contributed by atoms with E-state index < -0.39 is 17.5 Å². The van der Waals surface area contributed by atoms with Gasteiger partial charge in [-0.25, -0.2) is 4.79 Å². The highest BCUT2D eigenvalue weighted by Crippen LogP contribution is 2.40. The van der Waals surface area contributed by atoms with Gasteiger partial charge in [0.1, 0.15) is 5.60 Å². The van der Waals surface area contributed by atoms with Gasteiger partial charge in [-0.2, -0.15) is 0 Å². The van der Waals surface area contributed by atoms with E-state index in [1.807, 2.05) is 0 Å². The van der Waals surface area contributed by atoms with Crippen LogP contribution in [0.1, 0.15) is 32.6 Å². The molecule has 0 radical (unpaired) electrons. The van der Waals surface area contributed by atoms with Gasteiger partial charge in [0.25, 0.3) is 0 Å². The summed E-state index contributed by atoms with van der Waals surface area (Å²) in [5, 5.41) is 0. The van der Waals surface area contributed by atoms with Crippen molar-refractivity contribution in [1.82, 2.24) is 4.90 Å². The number of allylic oxidation sites excluding steroid dienone is 3. The van der Waals surface area contributed by atoms with Crippen molar-refractivity contribution in [2.45, 2.75) is 38.2 Å². The molecule has 3 rings (SSSR count). The molecule has 1 aliphatic carbocycles. The van der Waals surface area contributed by atoms with Gasteiger partial charge in [-0.15, -0.1) is 0 Å². The third kappa shape index (κ3) is 2.61. The first-order valence-electron chi connectivity index (χ1n) is 7.83. The van der Waals surface area contributed by atoms with Crippen molar-refractivity contribution in [2.24, 2.45) is 5.73 Å². The second-order valence-electron chi connectivity index (χ2n) is 6.32. The van der Waals surface area contributed by atoms with E-state index in [2.05, 4.69) is 23.1 Å². The number of esters is 1. The number of carbonyl (C=O) groups is 2. The molecule has 0 unspecified atom stereocenters. The summed E-state index contributed by atoms with van der Waals surface area (Å²) in [5.41, 5.74) is 6.89. The maximum Gasteiger partial charge on any atom is 0.335 e. The molecule has 2 N–H and O–H groups in total. The van der Waals surface area contributed by atoms with E-state index in [0.29, 0.717) is 24.0 Å². The molecular formula is C17H22N2O3. The third-order valence-electron chi connectivity index (χ3n) is 4.86. The van der Waals surface area contributed by atoms with Gasteiger partial charge in [0.2, 0.25) is 5.91 Å². The predicted molar refractivity (Wildman–Crippen MR) is 82.8 cm³/mol. The van der Waals surface area contributed by atoms with E-state index in [4.69, 9.17) is 10.5 Å². The van der Waals surface area contributed by atoms with Crippen molar-refractivity contribution in [2.75, 3.05) is 19.6 Å². The first-order chi connectivity index (χ1) is 10.5. The molecule has 1 amide bonds. The van der Waals surface area contributed by atoms with Crippen molar-refractivity contribution in [3.8, 4) is 0 Å². The Labute approximate surface area is 130 Å². The molecular weight excluding hydrogens is 280 g/mol. The number of ether oxygens (including phenoxy) is 1. The monoisotopic (exact) mass is 302 g/mol. The van der Waals surface area contributed by atoms with Crippen LogP contribution in [-0.4, -0.2) is 42.0 Å². The van der Waals surface area contributed by atoms with Crippen LogP contribution < -0.4 is 5.73 Å². The summed E-state index contributed by atoms with van der Waals surface area (Å²) < 4.78 is 5.55. The summed E-state index contributed by atoms with van der Waals surface area (Å²) in [6, 6.07) is 0. The number of hydrogen-bond donors (Lipinski definition) is 1. The van der Waals surface area contributed by atoms with Crippen molar-refractivity contribution < 1.29 is 14.3 Å². The van der Waals surface area contributed by atoms with Crippen LogP contribution in [-0.2, 0) is 14.3 Å². The maximum absolute atomic E-state index is 11.8. The largest absolute Gasteiger partial charge is 0.450 e. The van der Waals surface area contributed by atoms with Crippen LogP contribution in [0.2, 0.25) is 0 Å². The highest BCUT2D eigenvalue weighted by Gasteiger charge is 2.50. The SMILES string of the molecule is CC1=C(C(N)=O)C2(CCN(CC3=CC=CCC3)CC2)OC1=O. The van der Waals surface area contributed by atoms with Gasteiger partial charge in [-0.1, -0.05) is 23.8 Å². The zero-order valence-electron chi connectivity index (χ0n) is 12.9. The summed E-state index contributed by atoms with van der Waals surface area (Å²) >= 11 is 0. The maximum atomic E-state index is 11.8. The molecule has 118 valence electrons. The fraction of sp³-hybridized carbons (Fsp3) is 0.529. The molecule has 0 bridgehead atoms. The average molecular weight is 302 g/mol. The lowest BCUT2D eigenvalue weighted by Gasteiger charge is -2.39. The second kappa shape index (κ2) is 5.72. The minimum atomic E-state index is -0.787. The van der Waals surface area contributed by atoms with Crippen LogP contribution in [0, 0.1) is 0 Å². The van der Waals surface area contributed by atoms with Crippen LogP contribution in [0.15, 0.2) is 34.9 Å². The normalized spacial score (nSPS) is 24.6. The van der Waals surface area contributed by atoms with Crippen LogP contribution >= 0.6 is 0 Å². The molecule has 0 atom stereocenters. The second-order valence-corrected chi connectivity index (χ2v) is 6.32. The molecule has 22 heavy (non-hydrogen) atoms. The zero-order chi connectivity index (χ0) is 15.7. The zero-order valence-corrected chi connectivity index (χ0v) is 12.9. The number of piperidine rings is 1. The number of likely N-dealkylation sites (tertiary alicyclic amines) is 1. The average Bonchev–Trinajstić information content (AvgIpc) is 2.74. The fourth-order valence-corrected chi connectivity index (χ4v) is 3.65. The molecule has 0 aromatic carbocycles. The number of rotatable bonds is 3. The van der Waals surface area contributed by atoms with Gasteiger partial charge in [-0.05, 0) is 19.8 Å². The van der Waals surface area contributed by atoms with E-state index in [1.165, 1.54) is 5.57 Å². The molecule has 1 fully saturated rings. The van der Waals surface area contributed by atoms with Crippen molar-refractivity contribution >= 4 is 11.9 Å². The molecule has 0 aromatic heterocycles. The summed E-state index contributed by atoms with van der Waals surface area (Å²) in [5.74, 6) is -0.931. The quantitative estimate of drug-likeness (QED) is 0.801. The van der Waals surface area contributed by atoms with Crippen LogP contribution in [0.4, 0.5) is 0 Å². The minimum absolute atomic E-state index is 0.376. The fourth-order valence-electron chi connectivity index (χ4n) is 3.65. The Morgan fingerprint density at radius 3 is 2.73 bits per heavy atom. The molecule has 0 saturated carbocycles. The molecule has 2 aliphatic heterocycles. The van der Waals surface area contributed by atoms with E-state index >= 15 is 0 Å². The van der Waals surface area contributed by atoms with E-state index in [9.17, 15) is 9.59 Å². The molecule has 3 aliphatic rings. The molecule has 5 heteroatoms. The topological polar surface area (TPSA) is 72.6 Å². The lowest BCUT2D eigenvalue weighted by atomic mass is 9.82. The lowest BCUT2D eigenvalue weighted by Crippen LogP contribution is -2.48. The van der Waals surface area contributed by atoms with Gasteiger partial charge in [0, 0.05) is 38.0 Å². The standard InChI is InChI=1S/C17H22N2O3/c1-12-14(15(18)20)17(22-16(12)21)7-9-19(10-8-17)11-13-5-3-2-4-6-13/h2-3,5H,4,6-11H2,1H3,(H2,18,20). The third-order valence-corrected chi connectivity index (χ3v) is 4.86. The first kappa shape index (κ1) is 15.0. The number of hydrogen-bond acceptors (Lipinski definition) is 4. The lowest BCUT2D eigenvalue weighted by molar-refractivity contribution is -0.150. The first-order valence-corrected chi connectivity index (χ1v) is 7.83. The van der Waals surface area contributed by atoms with Gasteiger partial charge in [0.05, 0.1) is 5.57 Å². The van der Waals surface area contributed by atoms with E-state index in [1.54, 1.807) is 6.92 Å². The van der Waals surface area contributed by atoms with Crippen molar-refractivity contribution in [3.05, 3.63) is 34.9 Å². The number of nitrogens with zero attached hydrogens (tertiary/aromatic N) is 1. The highest BCUT2D eigenvalue weighted by atomic mass is 16.6. The van der Waals surface area contributed by atoms with E-state index in [-0.39, 0.29) is 0 Å². The summed E-state index contributed by atoms with van der Waals surface area (Å²) in [6.45, 7) is 4.18. The number of nitrogens with two attached hydrogens (primary N) is 1.